The van der Waals surface area contributed by atoms with Crippen LogP contribution >= 0.6 is 24.8 Å². The molecule has 1 aromatic carbocycles. The van der Waals surface area contributed by atoms with Crippen molar-refractivity contribution in [2.45, 2.75) is 45.2 Å². The van der Waals surface area contributed by atoms with Gasteiger partial charge in [-0.1, -0.05) is 51.1 Å². The van der Waals surface area contributed by atoms with Crippen LogP contribution in [-0.2, 0) is 4.79 Å². The van der Waals surface area contributed by atoms with E-state index in [1.54, 1.807) is 0 Å². The SMILES string of the molecule is CCN(C)C(C(=O)NCC(N)(CC)CC)c1ccccc1.Cl.Cl. The van der Waals surface area contributed by atoms with Crippen LogP contribution in [0, 0.1) is 0 Å². The summed E-state index contributed by atoms with van der Waals surface area (Å²) in [4.78, 5) is 14.7. The van der Waals surface area contributed by atoms with Crippen molar-refractivity contribution >= 4 is 30.7 Å². The number of hydrogen-bond donors (Lipinski definition) is 2. The topological polar surface area (TPSA) is 58.4 Å². The van der Waals surface area contributed by atoms with E-state index >= 15 is 0 Å². The van der Waals surface area contributed by atoms with Crippen LogP contribution in [0.25, 0.3) is 0 Å². The van der Waals surface area contributed by atoms with Gasteiger partial charge in [0.25, 0.3) is 0 Å². The molecule has 3 N–H and O–H groups in total. The van der Waals surface area contributed by atoms with Crippen LogP contribution in [0.3, 0.4) is 0 Å². The van der Waals surface area contributed by atoms with Crippen molar-refractivity contribution in [3.63, 3.8) is 0 Å². The van der Waals surface area contributed by atoms with Crippen molar-refractivity contribution < 1.29 is 4.79 Å². The highest BCUT2D eigenvalue weighted by atomic mass is 35.5. The number of carbonyl (C=O) groups is 1. The molecule has 1 aromatic rings. The molecule has 0 bridgehead atoms. The summed E-state index contributed by atoms with van der Waals surface area (Å²) < 4.78 is 0. The number of benzene rings is 1. The second kappa shape index (κ2) is 11.7. The van der Waals surface area contributed by atoms with Crippen LogP contribution in [0.15, 0.2) is 30.3 Å². The monoisotopic (exact) mass is 363 g/mol. The fraction of sp³-hybridized carbons (Fsp3) is 0.588. The van der Waals surface area contributed by atoms with Gasteiger partial charge in [-0.2, -0.15) is 0 Å². The zero-order chi connectivity index (χ0) is 15.9. The molecule has 0 saturated carbocycles. The summed E-state index contributed by atoms with van der Waals surface area (Å²) in [5, 5.41) is 3.03. The summed E-state index contributed by atoms with van der Waals surface area (Å²) in [5.41, 5.74) is 6.96. The first kappa shape index (κ1) is 24.4. The zero-order valence-corrected chi connectivity index (χ0v) is 16.2. The normalized spacial score (nSPS) is 12.1. The number of nitrogens with one attached hydrogen (secondary N) is 1. The van der Waals surface area contributed by atoms with Gasteiger partial charge in [-0.25, -0.2) is 0 Å². The molecule has 0 aliphatic carbocycles. The van der Waals surface area contributed by atoms with Gasteiger partial charge in [0.15, 0.2) is 0 Å². The molecule has 1 atom stereocenters. The Morgan fingerprint density at radius 2 is 1.70 bits per heavy atom. The van der Waals surface area contributed by atoms with E-state index < -0.39 is 0 Å². The largest absolute Gasteiger partial charge is 0.353 e. The Morgan fingerprint density at radius 1 is 1.17 bits per heavy atom. The molecule has 0 aliphatic rings. The minimum absolute atomic E-state index is 0. The number of likely N-dealkylation sites (N-methyl/N-ethyl adjacent to an activating group) is 1. The molecule has 1 unspecified atom stereocenters. The lowest BCUT2D eigenvalue weighted by atomic mass is 9.94. The quantitative estimate of drug-likeness (QED) is 0.745. The molecule has 0 saturated heterocycles. The molecule has 134 valence electrons. The number of nitrogens with zero attached hydrogens (tertiary/aromatic N) is 1. The van der Waals surface area contributed by atoms with Gasteiger partial charge < -0.3 is 11.1 Å². The summed E-state index contributed by atoms with van der Waals surface area (Å²) in [5.74, 6) is 0.0160. The molecule has 1 amide bonds. The predicted octanol–water partition coefficient (Wildman–Crippen LogP) is 3.16. The standard InChI is InChI=1S/C17H29N3O.2ClH/c1-5-17(18,6-2)13-19-16(21)15(20(4)7-3)14-11-9-8-10-12-14;;/h8-12,15H,5-7,13,18H2,1-4H3,(H,19,21);2*1H. The molecule has 0 spiro atoms. The number of nitrogens with two attached hydrogens (primary N) is 1. The van der Waals surface area contributed by atoms with Crippen molar-refractivity contribution in [2.24, 2.45) is 5.73 Å². The lowest BCUT2D eigenvalue weighted by Gasteiger charge is -2.30. The molecule has 1 rings (SSSR count). The number of rotatable bonds is 8. The number of amides is 1. The van der Waals surface area contributed by atoms with Crippen molar-refractivity contribution in [1.82, 2.24) is 10.2 Å². The molecule has 23 heavy (non-hydrogen) atoms. The van der Waals surface area contributed by atoms with Gasteiger partial charge >= 0.3 is 0 Å². The third kappa shape index (κ3) is 7.08. The van der Waals surface area contributed by atoms with Crippen LogP contribution in [0.5, 0.6) is 0 Å². The van der Waals surface area contributed by atoms with Crippen LogP contribution in [0.2, 0.25) is 0 Å². The van der Waals surface area contributed by atoms with Crippen LogP contribution in [-0.4, -0.2) is 36.5 Å². The zero-order valence-electron chi connectivity index (χ0n) is 14.5. The van der Waals surface area contributed by atoms with Gasteiger partial charge in [-0.3, -0.25) is 9.69 Å². The van der Waals surface area contributed by atoms with Crippen LogP contribution in [0.4, 0.5) is 0 Å². The first-order valence-corrected chi connectivity index (χ1v) is 7.79. The van der Waals surface area contributed by atoms with E-state index in [2.05, 4.69) is 26.1 Å². The van der Waals surface area contributed by atoms with E-state index in [-0.39, 0.29) is 42.3 Å². The Labute approximate surface area is 153 Å². The molecule has 6 heteroatoms. The Balaban J connectivity index is 0. The van der Waals surface area contributed by atoms with Gasteiger partial charge in [-0.05, 0) is 32.0 Å². The minimum atomic E-state index is -0.318. The van der Waals surface area contributed by atoms with Crippen molar-refractivity contribution in [2.75, 3.05) is 20.1 Å². The highest BCUT2D eigenvalue weighted by molar-refractivity contribution is 5.85. The van der Waals surface area contributed by atoms with Gasteiger partial charge in [0.05, 0.1) is 0 Å². The highest BCUT2D eigenvalue weighted by Gasteiger charge is 2.27. The Bertz CT molecular complexity index is 439. The predicted molar refractivity (Wildman–Crippen MR) is 102 cm³/mol. The molecular weight excluding hydrogens is 333 g/mol. The summed E-state index contributed by atoms with van der Waals surface area (Å²) in [6.07, 6.45) is 1.70. The highest BCUT2D eigenvalue weighted by Crippen LogP contribution is 2.19. The van der Waals surface area contributed by atoms with E-state index in [1.165, 1.54) is 0 Å². The fourth-order valence-corrected chi connectivity index (χ4v) is 2.28. The third-order valence-electron chi connectivity index (χ3n) is 4.33. The molecule has 0 fully saturated rings. The van der Waals surface area contributed by atoms with Crippen molar-refractivity contribution in [1.29, 1.82) is 0 Å². The second-order valence-corrected chi connectivity index (χ2v) is 5.67. The Kier molecular flexibility index (Phi) is 12.4. The first-order valence-electron chi connectivity index (χ1n) is 7.79. The van der Waals surface area contributed by atoms with E-state index in [1.807, 2.05) is 42.3 Å². The Hall–Kier alpha value is -0.810. The lowest BCUT2D eigenvalue weighted by molar-refractivity contribution is -0.126. The molecule has 0 heterocycles. The summed E-state index contributed by atoms with van der Waals surface area (Å²) >= 11 is 0. The van der Waals surface area contributed by atoms with E-state index in [9.17, 15) is 4.79 Å². The lowest BCUT2D eigenvalue weighted by Crippen LogP contribution is -2.51. The third-order valence-corrected chi connectivity index (χ3v) is 4.33. The van der Waals surface area contributed by atoms with Gasteiger partial charge in [0, 0.05) is 12.1 Å². The fourth-order valence-electron chi connectivity index (χ4n) is 2.28. The average molecular weight is 364 g/mol. The molecule has 0 radical (unpaired) electrons. The van der Waals surface area contributed by atoms with Gasteiger partial charge in [-0.15, -0.1) is 24.8 Å². The molecular formula is C17H31Cl2N3O. The van der Waals surface area contributed by atoms with Crippen LogP contribution < -0.4 is 11.1 Å². The summed E-state index contributed by atoms with van der Waals surface area (Å²) in [6.45, 7) is 7.49. The van der Waals surface area contributed by atoms with Crippen molar-refractivity contribution in [3.8, 4) is 0 Å². The second-order valence-electron chi connectivity index (χ2n) is 5.67. The Morgan fingerprint density at radius 3 is 2.13 bits per heavy atom. The number of halogens is 2. The summed E-state index contributed by atoms with van der Waals surface area (Å²) in [6, 6.07) is 9.60. The number of carbonyl (C=O) groups excluding carboxylic acids is 1. The molecule has 0 aromatic heterocycles. The number of hydrogen-bond acceptors (Lipinski definition) is 3. The smallest absolute Gasteiger partial charge is 0.242 e. The van der Waals surface area contributed by atoms with Crippen LogP contribution in [0.1, 0.15) is 45.2 Å². The van der Waals surface area contributed by atoms with Crippen molar-refractivity contribution in [3.05, 3.63) is 35.9 Å². The molecule has 4 nitrogen and oxygen atoms in total. The van der Waals surface area contributed by atoms with E-state index in [0.29, 0.717) is 6.54 Å². The maximum absolute atomic E-state index is 12.6. The van der Waals surface area contributed by atoms with Gasteiger partial charge in [0.2, 0.25) is 5.91 Å². The van der Waals surface area contributed by atoms with E-state index in [4.69, 9.17) is 5.73 Å². The van der Waals surface area contributed by atoms with E-state index in [0.717, 1.165) is 24.9 Å². The maximum atomic E-state index is 12.6. The molecule has 0 aliphatic heterocycles. The first-order chi connectivity index (χ1) is 9.97. The average Bonchev–Trinajstić information content (AvgIpc) is 2.53. The minimum Gasteiger partial charge on any atom is -0.353 e. The summed E-state index contributed by atoms with van der Waals surface area (Å²) in [7, 11) is 1.96. The van der Waals surface area contributed by atoms with Gasteiger partial charge in [0.1, 0.15) is 6.04 Å². The maximum Gasteiger partial charge on any atom is 0.242 e.